The van der Waals surface area contributed by atoms with Gasteiger partial charge in [0.05, 0.1) is 17.9 Å². The number of rotatable bonds is 5. The van der Waals surface area contributed by atoms with Gasteiger partial charge in [0.15, 0.2) is 0 Å². The number of aryl methyl sites for hydroxylation is 1. The zero-order chi connectivity index (χ0) is 17.8. The molecule has 1 saturated heterocycles. The Balaban J connectivity index is 1.71. The highest BCUT2D eigenvalue weighted by molar-refractivity contribution is 5.95. The molecule has 0 spiro atoms. The molecule has 0 saturated carbocycles. The summed E-state index contributed by atoms with van der Waals surface area (Å²) in [5.41, 5.74) is 1.59. The summed E-state index contributed by atoms with van der Waals surface area (Å²) in [5.74, 6) is 0.482. The summed E-state index contributed by atoms with van der Waals surface area (Å²) in [6.45, 7) is 2.64. The topological polar surface area (TPSA) is 42.7 Å². The first-order chi connectivity index (χ1) is 12.1. The second kappa shape index (κ2) is 7.83. The molecule has 2 atom stereocenters. The van der Waals surface area contributed by atoms with Crippen molar-refractivity contribution in [2.45, 2.75) is 44.8 Å². The van der Waals surface area contributed by atoms with Gasteiger partial charge in [0.25, 0.3) is 5.91 Å². The van der Waals surface area contributed by atoms with Gasteiger partial charge in [0, 0.05) is 26.1 Å². The monoisotopic (exact) mass is 345 g/mol. The summed E-state index contributed by atoms with van der Waals surface area (Å²) < 4.78 is 24.4. The number of furan rings is 1. The van der Waals surface area contributed by atoms with Crippen molar-refractivity contribution in [3.05, 3.63) is 59.3 Å². The van der Waals surface area contributed by atoms with Crippen LogP contribution in [0.15, 0.2) is 41.0 Å². The van der Waals surface area contributed by atoms with Gasteiger partial charge in [-0.2, -0.15) is 0 Å². The van der Waals surface area contributed by atoms with Crippen molar-refractivity contribution in [1.82, 2.24) is 4.90 Å². The lowest BCUT2D eigenvalue weighted by atomic mass is 9.96. The van der Waals surface area contributed by atoms with Gasteiger partial charge in [-0.05, 0) is 43.0 Å². The molecule has 1 aliphatic heterocycles. The fourth-order valence-corrected chi connectivity index (χ4v) is 3.35. The molecule has 0 unspecified atom stereocenters. The Morgan fingerprint density at radius 3 is 2.76 bits per heavy atom. The van der Waals surface area contributed by atoms with Gasteiger partial charge in [-0.25, -0.2) is 4.39 Å². The summed E-state index contributed by atoms with van der Waals surface area (Å²) in [5, 5.41) is 0. The van der Waals surface area contributed by atoms with E-state index in [1.807, 2.05) is 7.05 Å². The first-order valence-corrected chi connectivity index (χ1v) is 8.80. The maximum absolute atomic E-state index is 13.1. The third-order valence-electron chi connectivity index (χ3n) is 4.82. The molecule has 2 aromatic rings. The van der Waals surface area contributed by atoms with Crippen LogP contribution in [-0.4, -0.2) is 30.5 Å². The van der Waals surface area contributed by atoms with E-state index in [0.717, 1.165) is 30.6 Å². The highest BCUT2D eigenvalue weighted by atomic mass is 19.1. The molecular weight excluding hydrogens is 321 g/mol. The van der Waals surface area contributed by atoms with Crippen LogP contribution in [0.25, 0.3) is 0 Å². The van der Waals surface area contributed by atoms with Gasteiger partial charge in [0.2, 0.25) is 0 Å². The minimum Gasteiger partial charge on any atom is -0.469 e. The molecule has 5 heteroatoms. The van der Waals surface area contributed by atoms with Gasteiger partial charge in [-0.3, -0.25) is 4.79 Å². The Morgan fingerprint density at radius 1 is 1.28 bits per heavy atom. The molecule has 2 heterocycles. The molecule has 1 aliphatic rings. The SMILES string of the molecule is CCCc1occc1C(=O)N(C)[C@@H]1CCO[C@@H](c2ccc(F)cc2)C1. The molecule has 1 aromatic heterocycles. The van der Waals surface area contributed by atoms with Crippen molar-refractivity contribution in [2.24, 2.45) is 0 Å². The van der Waals surface area contributed by atoms with E-state index < -0.39 is 0 Å². The fraction of sp³-hybridized carbons (Fsp3) is 0.450. The minimum absolute atomic E-state index is 0.0121. The quantitative estimate of drug-likeness (QED) is 0.808. The van der Waals surface area contributed by atoms with Crippen LogP contribution in [0, 0.1) is 5.82 Å². The standard InChI is InChI=1S/C20H24FNO3/c1-3-4-18-17(10-12-24-18)20(23)22(2)16-9-11-25-19(13-16)14-5-7-15(21)8-6-14/h5-8,10,12,16,19H,3-4,9,11,13H2,1-2H3/t16-,19-/m1/s1. The Morgan fingerprint density at radius 2 is 2.04 bits per heavy atom. The zero-order valence-electron chi connectivity index (χ0n) is 14.7. The molecule has 0 N–H and O–H groups in total. The Labute approximate surface area is 147 Å². The van der Waals surface area contributed by atoms with Crippen LogP contribution >= 0.6 is 0 Å². The molecule has 4 nitrogen and oxygen atoms in total. The maximum Gasteiger partial charge on any atom is 0.257 e. The summed E-state index contributed by atoms with van der Waals surface area (Å²) in [6, 6.07) is 8.22. The van der Waals surface area contributed by atoms with Crippen molar-refractivity contribution in [3.8, 4) is 0 Å². The van der Waals surface area contributed by atoms with Crippen LogP contribution in [0.4, 0.5) is 4.39 Å². The summed E-state index contributed by atoms with van der Waals surface area (Å²) in [6.07, 6.45) is 4.65. The molecule has 1 aromatic carbocycles. The predicted molar refractivity (Wildman–Crippen MR) is 92.9 cm³/mol. The smallest absolute Gasteiger partial charge is 0.257 e. The van der Waals surface area contributed by atoms with Crippen LogP contribution < -0.4 is 0 Å². The average molecular weight is 345 g/mol. The second-order valence-electron chi connectivity index (χ2n) is 6.51. The highest BCUT2D eigenvalue weighted by Crippen LogP contribution is 2.31. The summed E-state index contributed by atoms with van der Waals surface area (Å²) in [4.78, 5) is 14.7. The number of carbonyl (C=O) groups is 1. The molecule has 1 fully saturated rings. The van der Waals surface area contributed by atoms with Gasteiger partial charge >= 0.3 is 0 Å². The number of carbonyl (C=O) groups excluding carboxylic acids is 1. The number of halogens is 1. The number of ether oxygens (including phenoxy) is 1. The van der Waals surface area contributed by atoms with Crippen LogP contribution in [0.5, 0.6) is 0 Å². The van der Waals surface area contributed by atoms with Crippen molar-refractivity contribution in [1.29, 1.82) is 0 Å². The summed E-state index contributed by atoms with van der Waals surface area (Å²) in [7, 11) is 1.84. The first-order valence-electron chi connectivity index (χ1n) is 8.80. The Hall–Kier alpha value is -2.14. The van der Waals surface area contributed by atoms with Gasteiger partial charge in [-0.15, -0.1) is 0 Å². The van der Waals surface area contributed by atoms with Crippen molar-refractivity contribution in [3.63, 3.8) is 0 Å². The molecule has 0 radical (unpaired) electrons. The largest absolute Gasteiger partial charge is 0.469 e. The lowest BCUT2D eigenvalue weighted by Crippen LogP contribution is -2.41. The van der Waals surface area contributed by atoms with Crippen LogP contribution in [0.3, 0.4) is 0 Å². The van der Waals surface area contributed by atoms with Crippen molar-refractivity contribution in [2.75, 3.05) is 13.7 Å². The normalized spacial score (nSPS) is 20.4. The zero-order valence-corrected chi connectivity index (χ0v) is 14.7. The molecule has 134 valence electrons. The maximum atomic E-state index is 13.1. The molecule has 0 aliphatic carbocycles. The van der Waals surface area contributed by atoms with E-state index in [1.54, 1.807) is 29.4 Å². The number of hydrogen-bond donors (Lipinski definition) is 0. The number of hydrogen-bond acceptors (Lipinski definition) is 3. The van der Waals surface area contributed by atoms with Gasteiger partial charge in [0.1, 0.15) is 11.6 Å². The van der Waals surface area contributed by atoms with Gasteiger partial charge in [-0.1, -0.05) is 19.1 Å². The minimum atomic E-state index is -0.258. The molecular formula is C20H24FNO3. The number of benzene rings is 1. The first kappa shape index (κ1) is 17.7. The van der Waals surface area contributed by atoms with Gasteiger partial charge < -0.3 is 14.1 Å². The Kier molecular flexibility index (Phi) is 5.53. The van der Waals surface area contributed by atoms with E-state index in [2.05, 4.69) is 6.92 Å². The lowest BCUT2D eigenvalue weighted by molar-refractivity contribution is -0.0197. The van der Waals surface area contributed by atoms with Crippen LogP contribution in [-0.2, 0) is 11.2 Å². The van der Waals surface area contributed by atoms with E-state index in [9.17, 15) is 9.18 Å². The molecule has 3 rings (SSSR count). The molecule has 1 amide bonds. The average Bonchev–Trinajstić information content (AvgIpc) is 3.10. The van der Waals surface area contributed by atoms with Crippen LogP contribution in [0.2, 0.25) is 0 Å². The van der Waals surface area contributed by atoms with E-state index in [-0.39, 0.29) is 23.9 Å². The van der Waals surface area contributed by atoms with E-state index in [1.165, 1.54) is 12.1 Å². The number of nitrogens with zero attached hydrogens (tertiary/aromatic N) is 1. The molecule has 25 heavy (non-hydrogen) atoms. The highest BCUT2D eigenvalue weighted by Gasteiger charge is 2.30. The third kappa shape index (κ3) is 3.93. The Bertz CT molecular complexity index is 710. The predicted octanol–water partition coefficient (Wildman–Crippen LogP) is 4.36. The lowest BCUT2D eigenvalue weighted by Gasteiger charge is -2.35. The third-order valence-corrected chi connectivity index (χ3v) is 4.82. The fourth-order valence-electron chi connectivity index (χ4n) is 3.35. The number of amides is 1. The van der Waals surface area contributed by atoms with Crippen molar-refractivity contribution < 1.29 is 18.3 Å². The summed E-state index contributed by atoms with van der Waals surface area (Å²) >= 11 is 0. The van der Waals surface area contributed by atoms with Crippen molar-refractivity contribution >= 4 is 5.91 Å². The van der Waals surface area contributed by atoms with Crippen LogP contribution in [0.1, 0.15) is 54.0 Å². The molecule has 0 bridgehead atoms. The second-order valence-corrected chi connectivity index (χ2v) is 6.51. The van der Waals surface area contributed by atoms with E-state index in [0.29, 0.717) is 18.6 Å². The van der Waals surface area contributed by atoms with E-state index in [4.69, 9.17) is 9.15 Å². The van der Waals surface area contributed by atoms with E-state index >= 15 is 0 Å².